The highest BCUT2D eigenvalue weighted by Crippen LogP contribution is 2.45. The minimum atomic E-state index is -0.133. The smallest absolute Gasteiger partial charge is 0.253 e. The van der Waals surface area contributed by atoms with E-state index in [9.17, 15) is 9.59 Å². The minimum Gasteiger partial charge on any atom is -0.485 e. The van der Waals surface area contributed by atoms with Crippen molar-refractivity contribution in [1.82, 2.24) is 4.90 Å². The van der Waals surface area contributed by atoms with Gasteiger partial charge in [-0.05, 0) is 73.0 Å². The highest BCUT2D eigenvalue weighted by molar-refractivity contribution is 7.19. The number of hydrogen-bond acceptors (Lipinski definition) is 4. The first-order chi connectivity index (χ1) is 15.6. The molecule has 0 spiro atoms. The molecular formula is C28H33NO3S. The molecule has 1 heterocycles. The SMILES string of the molecule is C=C(C)C(=O)COc1ccc(C(CC)(CC)c2cc3ccc(C(=O)N(C)C)cc3s2)cc1C. The van der Waals surface area contributed by atoms with E-state index in [1.165, 1.54) is 10.4 Å². The van der Waals surface area contributed by atoms with Crippen LogP contribution in [0.2, 0.25) is 0 Å². The second-order valence-corrected chi connectivity index (χ2v) is 9.91. The van der Waals surface area contributed by atoms with Crippen molar-refractivity contribution in [2.45, 2.75) is 46.0 Å². The summed E-state index contributed by atoms with van der Waals surface area (Å²) < 4.78 is 6.88. The summed E-state index contributed by atoms with van der Waals surface area (Å²) in [5.74, 6) is 0.644. The molecule has 33 heavy (non-hydrogen) atoms. The first-order valence-electron chi connectivity index (χ1n) is 11.3. The molecule has 0 saturated carbocycles. The molecule has 4 nitrogen and oxygen atoms in total. The molecule has 0 atom stereocenters. The van der Waals surface area contributed by atoms with E-state index in [-0.39, 0.29) is 23.7 Å². The van der Waals surface area contributed by atoms with E-state index < -0.39 is 0 Å². The van der Waals surface area contributed by atoms with Crippen LogP contribution in [0.1, 0.15) is 60.0 Å². The van der Waals surface area contributed by atoms with Gasteiger partial charge in [0.25, 0.3) is 5.91 Å². The molecule has 0 unspecified atom stereocenters. The lowest BCUT2D eigenvalue weighted by molar-refractivity contribution is -0.117. The molecule has 0 fully saturated rings. The third-order valence-electron chi connectivity index (χ3n) is 6.41. The lowest BCUT2D eigenvalue weighted by Gasteiger charge is -2.32. The second-order valence-electron chi connectivity index (χ2n) is 8.82. The van der Waals surface area contributed by atoms with E-state index in [1.54, 1.807) is 37.3 Å². The number of nitrogens with zero attached hydrogens (tertiary/aromatic N) is 1. The van der Waals surface area contributed by atoms with Crippen molar-refractivity contribution in [3.05, 3.63) is 76.2 Å². The summed E-state index contributed by atoms with van der Waals surface area (Å²) in [4.78, 5) is 27.2. The van der Waals surface area contributed by atoms with E-state index >= 15 is 0 Å². The molecule has 2 aromatic carbocycles. The van der Waals surface area contributed by atoms with Crippen molar-refractivity contribution in [2.24, 2.45) is 0 Å². The summed E-state index contributed by atoms with van der Waals surface area (Å²) in [7, 11) is 3.55. The lowest BCUT2D eigenvalue weighted by Crippen LogP contribution is -2.25. The number of carbonyl (C=O) groups is 2. The largest absolute Gasteiger partial charge is 0.485 e. The maximum absolute atomic E-state index is 12.4. The van der Waals surface area contributed by atoms with Crippen LogP contribution in [0, 0.1) is 6.92 Å². The number of Topliss-reactive ketones (excluding diaryl/α,β-unsaturated/α-hetero) is 1. The first kappa shape index (κ1) is 24.7. The zero-order chi connectivity index (χ0) is 24.3. The summed E-state index contributed by atoms with van der Waals surface area (Å²) >= 11 is 1.76. The third-order valence-corrected chi connectivity index (χ3v) is 7.72. The first-order valence-corrected chi connectivity index (χ1v) is 12.1. The van der Waals surface area contributed by atoms with Crippen LogP contribution in [0.5, 0.6) is 5.75 Å². The van der Waals surface area contributed by atoms with Crippen molar-refractivity contribution >= 4 is 33.1 Å². The third kappa shape index (κ3) is 4.88. The van der Waals surface area contributed by atoms with Crippen LogP contribution in [0.25, 0.3) is 10.1 Å². The Balaban J connectivity index is 1.99. The fourth-order valence-electron chi connectivity index (χ4n) is 4.18. The normalized spacial score (nSPS) is 11.5. The number of carbonyl (C=O) groups excluding carboxylic acids is 2. The van der Waals surface area contributed by atoms with Gasteiger partial charge in [0.1, 0.15) is 5.75 Å². The summed E-state index contributed by atoms with van der Waals surface area (Å²) in [6, 6.07) is 14.5. The molecule has 5 heteroatoms. The molecule has 0 aliphatic rings. The highest BCUT2D eigenvalue weighted by Gasteiger charge is 2.33. The van der Waals surface area contributed by atoms with Crippen LogP contribution in [0.3, 0.4) is 0 Å². The number of aryl methyl sites for hydroxylation is 1. The Labute approximate surface area is 200 Å². The average Bonchev–Trinajstić information content (AvgIpc) is 3.22. The topological polar surface area (TPSA) is 46.6 Å². The summed E-state index contributed by atoms with van der Waals surface area (Å²) in [6.45, 7) is 11.9. The standard InChI is InChI=1S/C28H33NO3S/c1-8-28(9-2,22-12-13-24(19(5)14-22)32-17-23(30)18(3)4)26-16-20-10-11-21(15-25(20)33-26)27(31)29(6)7/h10-16H,3,8-9,17H2,1-2,4-7H3. The number of rotatable bonds is 9. The second kappa shape index (κ2) is 9.92. The van der Waals surface area contributed by atoms with Gasteiger partial charge < -0.3 is 9.64 Å². The number of ketones is 1. The van der Waals surface area contributed by atoms with Crippen LogP contribution >= 0.6 is 11.3 Å². The average molecular weight is 464 g/mol. The van der Waals surface area contributed by atoms with Gasteiger partial charge in [-0.15, -0.1) is 11.3 Å². The van der Waals surface area contributed by atoms with Gasteiger partial charge in [-0.1, -0.05) is 38.6 Å². The van der Waals surface area contributed by atoms with Crippen LogP contribution in [-0.2, 0) is 10.2 Å². The summed E-state index contributed by atoms with van der Waals surface area (Å²) in [5, 5.41) is 1.16. The number of fused-ring (bicyclic) bond motifs is 1. The van der Waals surface area contributed by atoms with Gasteiger partial charge in [-0.2, -0.15) is 0 Å². The Bertz CT molecular complexity index is 1200. The quantitative estimate of drug-likeness (QED) is 0.338. The van der Waals surface area contributed by atoms with Crippen LogP contribution in [-0.4, -0.2) is 37.3 Å². The predicted octanol–water partition coefficient (Wildman–Crippen LogP) is 6.54. The van der Waals surface area contributed by atoms with Crippen LogP contribution in [0.15, 0.2) is 54.6 Å². The molecule has 0 bridgehead atoms. The predicted molar refractivity (Wildman–Crippen MR) is 138 cm³/mol. The summed E-state index contributed by atoms with van der Waals surface area (Å²) in [6.07, 6.45) is 1.90. The van der Waals surface area contributed by atoms with E-state index in [2.05, 4.69) is 38.6 Å². The Kier molecular flexibility index (Phi) is 7.43. The van der Waals surface area contributed by atoms with E-state index in [1.807, 2.05) is 31.2 Å². The van der Waals surface area contributed by atoms with Crippen LogP contribution in [0.4, 0.5) is 0 Å². The highest BCUT2D eigenvalue weighted by atomic mass is 32.1. The van der Waals surface area contributed by atoms with Gasteiger partial charge in [-0.3, -0.25) is 9.59 Å². The van der Waals surface area contributed by atoms with Gasteiger partial charge in [-0.25, -0.2) is 0 Å². The van der Waals surface area contributed by atoms with Gasteiger partial charge >= 0.3 is 0 Å². The summed E-state index contributed by atoms with van der Waals surface area (Å²) in [5.41, 5.74) is 3.32. The number of benzene rings is 2. The maximum atomic E-state index is 12.4. The van der Waals surface area contributed by atoms with Crippen molar-refractivity contribution in [1.29, 1.82) is 0 Å². The molecule has 0 saturated heterocycles. The molecule has 0 radical (unpaired) electrons. The fourth-order valence-corrected chi connectivity index (χ4v) is 5.64. The Hall–Kier alpha value is -2.92. The monoisotopic (exact) mass is 463 g/mol. The number of thiophene rings is 1. The number of ether oxygens (including phenoxy) is 1. The van der Waals surface area contributed by atoms with E-state index in [0.717, 1.165) is 34.2 Å². The van der Waals surface area contributed by atoms with Crippen molar-refractivity contribution in [2.75, 3.05) is 20.7 Å². The Morgan fingerprint density at radius 2 is 1.76 bits per heavy atom. The van der Waals surface area contributed by atoms with Crippen molar-refractivity contribution < 1.29 is 14.3 Å². The van der Waals surface area contributed by atoms with E-state index in [0.29, 0.717) is 11.1 Å². The van der Waals surface area contributed by atoms with Gasteiger partial charge in [0.2, 0.25) is 0 Å². The lowest BCUT2D eigenvalue weighted by atomic mass is 9.74. The molecule has 1 amide bonds. The molecule has 1 aromatic heterocycles. The molecule has 0 aliphatic heterocycles. The molecule has 0 N–H and O–H groups in total. The molecule has 0 aliphatic carbocycles. The number of amides is 1. The van der Waals surface area contributed by atoms with Gasteiger partial charge in [0.05, 0.1) is 0 Å². The minimum absolute atomic E-state index is 0.00648. The molecular weight excluding hydrogens is 430 g/mol. The fraction of sp³-hybridized carbons (Fsp3) is 0.357. The van der Waals surface area contributed by atoms with Gasteiger partial charge in [0.15, 0.2) is 12.4 Å². The zero-order valence-corrected chi connectivity index (χ0v) is 21.3. The van der Waals surface area contributed by atoms with Gasteiger partial charge in [0, 0.05) is 34.7 Å². The number of hydrogen-bond donors (Lipinski definition) is 0. The molecule has 174 valence electrons. The van der Waals surface area contributed by atoms with Crippen molar-refractivity contribution in [3.63, 3.8) is 0 Å². The van der Waals surface area contributed by atoms with Crippen molar-refractivity contribution in [3.8, 4) is 5.75 Å². The Morgan fingerprint density at radius 1 is 1.06 bits per heavy atom. The van der Waals surface area contributed by atoms with Crippen LogP contribution < -0.4 is 4.74 Å². The maximum Gasteiger partial charge on any atom is 0.253 e. The molecule has 3 rings (SSSR count). The Morgan fingerprint density at radius 3 is 2.33 bits per heavy atom. The molecule has 3 aromatic rings. The zero-order valence-electron chi connectivity index (χ0n) is 20.5. The van der Waals surface area contributed by atoms with E-state index in [4.69, 9.17) is 4.74 Å².